The maximum Gasteiger partial charge on any atom is 0.100 e. The lowest BCUT2D eigenvalue weighted by molar-refractivity contribution is 0.242. The van der Waals surface area contributed by atoms with E-state index in [-0.39, 0.29) is 0 Å². The summed E-state index contributed by atoms with van der Waals surface area (Å²) in [5, 5.41) is 2.70. The zero-order chi connectivity index (χ0) is 15.2. The van der Waals surface area contributed by atoms with Crippen LogP contribution >= 0.6 is 7.92 Å². The van der Waals surface area contributed by atoms with E-state index >= 15 is 0 Å². The molecule has 0 amide bonds. The molecule has 0 aliphatic carbocycles. The van der Waals surface area contributed by atoms with E-state index in [0.717, 1.165) is 0 Å². The summed E-state index contributed by atoms with van der Waals surface area (Å²) in [7, 11) is -0.579. The molecule has 0 atom stereocenters. The zero-order valence-electron chi connectivity index (χ0n) is 13.3. The van der Waals surface area contributed by atoms with E-state index in [1.807, 2.05) is 0 Å². The second-order valence-corrected chi connectivity index (χ2v) is 7.60. The van der Waals surface area contributed by atoms with Crippen LogP contribution in [0.4, 0.5) is 0 Å². The largest absolute Gasteiger partial charge is 0.284 e. The molecule has 0 aliphatic heterocycles. The Hall–Kier alpha value is -1.17. The molecule has 2 heteroatoms. The summed E-state index contributed by atoms with van der Waals surface area (Å²) in [5.41, 5.74) is 0. The van der Waals surface area contributed by atoms with Gasteiger partial charge in [0, 0.05) is 12.1 Å². The molecule has 0 heterocycles. The van der Waals surface area contributed by atoms with Crippen molar-refractivity contribution in [1.82, 2.24) is 4.90 Å². The number of benzene rings is 2. The monoisotopic (exact) mass is 297 g/mol. The van der Waals surface area contributed by atoms with Crippen LogP contribution in [0.3, 0.4) is 0 Å². The first-order valence-corrected chi connectivity index (χ1v) is 8.88. The van der Waals surface area contributed by atoms with E-state index in [0.29, 0.717) is 12.1 Å². The van der Waals surface area contributed by atoms with Gasteiger partial charge in [0.1, 0.15) is 6.29 Å². The van der Waals surface area contributed by atoms with Crippen LogP contribution in [0, 0.1) is 6.29 Å². The van der Waals surface area contributed by atoms with E-state index in [1.165, 1.54) is 10.6 Å². The predicted octanol–water partition coefficient (Wildman–Crippen LogP) is 4.23. The lowest BCUT2D eigenvalue weighted by atomic mass is 10.2. The second-order valence-electron chi connectivity index (χ2n) is 5.70. The maximum absolute atomic E-state index is 3.78. The van der Waals surface area contributed by atoms with Crippen molar-refractivity contribution in [2.75, 3.05) is 0 Å². The van der Waals surface area contributed by atoms with E-state index in [9.17, 15) is 0 Å². The molecule has 0 aromatic heterocycles. The molecular formula is C19H24NP. The summed E-state index contributed by atoms with van der Waals surface area (Å²) >= 11 is 0. The first-order chi connectivity index (χ1) is 10.1. The van der Waals surface area contributed by atoms with Crippen molar-refractivity contribution in [2.45, 2.75) is 39.8 Å². The minimum atomic E-state index is -0.579. The van der Waals surface area contributed by atoms with Gasteiger partial charge in [-0.15, -0.1) is 0 Å². The number of hydrogen-bond acceptors (Lipinski definition) is 1. The van der Waals surface area contributed by atoms with Gasteiger partial charge in [0.2, 0.25) is 0 Å². The summed E-state index contributed by atoms with van der Waals surface area (Å²) in [6, 6.07) is 22.4. The van der Waals surface area contributed by atoms with Crippen molar-refractivity contribution in [3.05, 3.63) is 66.9 Å². The van der Waals surface area contributed by atoms with Gasteiger partial charge >= 0.3 is 0 Å². The fourth-order valence-electron chi connectivity index (χ4n) is 2.36. The van der Waals surface area contributed by atoms with Gasteiger partial charge in [-0.3, -0.25) is 4.90 Å². The summed E-state index contributed by atoms with van der Waals surface area (Å²) < 4.78 is 0. The average Bonchev–Trinajstić information content (AvgIpc) is 2.49. The van der Waals surface area contributed by atoms with Crippen LogP contribution in [0.2, 0.25) is 0 Å². The van der Waals surface area contributed by atoms with Gasteiger partial charge in [-0.05, 0) is 46.2 Å². The molecule has 110 valence electrons. The molecule has 0 bridgehead atoms. The first kappa shape index (κ1) is 16.2. The van der Waals surface area contributed by atoms with Gasteiger partial charge in [-0.1, -0.05) is 60.7 Å². The van der Waals surface area contributed by atoms with Gasteiger partial charge in [-0.25, -0.2) is 0 Å². The van der Waals surface area contributed by atoms with Crippen LogP contribution in [-0.2, 0) is 0 Å². The van der Waals surface area contributed by atoms with Gasteiger partial charge in [0.15, 0.2) is 0 Å². The smallest absolute Gasteiger partial charge is 0.100 e. The van der Waals surface area contributed by atoms with Crippen LogP contribution in [0.25, 0.3) is 0 Å². The number of rotatable bonds is 6. The molecule has 0 saturated carbocycles. The zero-order valence-corrected chi connectivity index (χ0v) is 14.2. The van der Waals surface area contributed by atoms with Crippen molar-refractivity contribution in [3.8, 4) is 0 Å². The predicted molar refractivity (Wildman–Crippen MR) is 94.4 cm³/mol. The van der Waals surface area contributed by atoms with Crippen LogP contribution in [0.1, 0.15) is 27.7 Å². The van der Waals surface area contributed by atoms with Gasteiger partial charge in [0.25, 0.3) is 0 Å². The van der Waals surface area contributed by atoms with E-state index in [4.69, 9.17) is 0 Å². The van der Waals surface area contributed by atoms with Gasteiger partial charge < -0.3 is 0 Å². The minimum Gasteiger partial charge on any atom is -0.284 e. The molecule has 0 fully saturated rings. The van der Waals surface area contributed by atoms with Crippen molar-refractivity contribution in [1.29, 1.82) is 0 Å². The van der Waals surface area contributed by atoms with Crippen molar-refractivity contribution >= 4 is 18.5 Å². The average molecular weight is 297 g/mol. The Bertz CT molecular complexity index is 474. The van der Waals surface area contributed by atoms with Gasteiger partial charge in [-0.2, -0.15) is 0 Å². The standard InChI is InChI=1S/C19H24NP/c1-16(2)20(17(3)4)15-21(18-11-7-5-8-12-18)19-13-9-6-10-14-19/h5-14,16-17H,1-4H3. The Labute approximate surface area is 130 Å². The first-order valence-electron chi connectivity index (χ1n) is 7.54. The Morgan fingerprint density at radius 1 is 0.714 bits per heavy atom. The molecule has 0 spiro atoms. The van der Waals surface area contributed by atoms with E-state index < -0.39 is 7.92 Å². The third-order valence-corrected chi connectivity index (χ3v) is 5.42. The highest BCUT2D eigenvalue weighted by molar-refractivity contribution is 7.74. The van der Waals surface area contributed by atoms with Crippen molar-refractivity contribution in [2.24, 2.45) is 0 Å². The molecule has 2 aromatic carbocycles. The Balaban J connectivity index is 2.33. The van der Waals surface area contributed by atoms with Crippen LogP contribution in [-0.4, -0.2) is 17.0 Å². The highest BCUT2D eigenvalue weighted by Gasteiger charge is 2.22. The fourth-order valence-corrected chi connectivity index (χ4v) is 4.52. The maximum atomic E-state index is 3.78. The molecule has 1 nitrogen and oxygen atoms in total. The van der Waals surface area contributed by atoms with E-state index in [2.05, 4.69) is 99.5 Å². The summed E-state index contributed by atoms with van der Waals surface area (Å²) in [6.07, 6.45) is 3.78. The lowest BCUT2D eigenvalue weighted by Gasteiger charge is -2.33. The molecule has 0 N–H and O–H groups in total. The molecule has 21 heavy (non-hydrogen) atoms. The van der Waals surface area contributed by atoms with Gasteiger partial charge in [0.05, 0.1) is 0 Å². The normalized spacial score (nSPS) is 11.8. The fraction of sp³-hybridized carbons (Fsp3) is 0.316. The third-order valence-electron chi connectivity index (χ3n) is 3.36. The third kappa shape index (κ3) is 4.40. The Morgan fingerprint density at radius 2 is 1.10 bits per heavy atom. The topological polar surface area (TPSA) is 3.24 Å². The number of hydrogen-bond donors (Lipinski definition) is 0. The summed E-state index contributed by atoms with van der Waals surface area (Å²) in [4.78, 5) is 2.35. The molecular weight excluding hydrogens is 273 g/mol. The minimum absolute atomic E-state index is 0.461. The Morgan fingerprint density at radius 3 is 1.43 bits per heavy atom. The molecule has 2 radical (unpaired) electrons. The highest BCUT2D eigenvalue weighted by Crippen LogP contribution is 2.39. The molecule has 0 unspecified atom stereocenters. The quantitative estimate of drug-likeness (QED) is 0.569. The van der Waals surface area contributed by atoms with Crippen LogP contribution < -0.4 is 10.6 Å². The SMILES string of the molecule is CC(C)N([C]P(c1ccccc1)c1ccccc1)C(C)C. The summed E-state index contributed by atoms with van der Waals surface area (Å²) in [6.45, 7) is 8.93. The second kappa shape index (κ2) is 7.73. The number of nitrogens with zero attached hydrogens (tertiary/aromatic N) is 1. The molecule has 0 aliphatic rings. The van der Waals surface area contributed by atoms with Crippen molar-refractivity contribution < 1.29 is 0 Å². The lowest BCUT2D eigenvalue weighted by Crippen LogP contribution is -2.36. The van der Waals surface area contributed by atoms with Crippen LogP contribution in [0.15, 0.2) is 60.7 Å². The van der Waals surface area contributed by atoms with Crippen LogP contribution in [0.5, 0.6) is 0 Å². The molecule has 2 rings (SSSR count). The Kier molecular flexibility index (Phi) is 5.96. The molecule has 2 aromatic rings. The van der Waals surface area contributed by atoms with E-state index in [1.54, 1.807) is 0 Å². The highest BCUT2D eigenvalue weighted by atomic mass is 31.1. The molecule has 0 saturated heterocycles. The summed E-state index contributed by atoms with van der Waals surface area (Å²) in [5.74, 6) is 0. The van der Waals surface area contributed by atoms with Crippen molar-refractivity contribution in [3.63, 3.8) is 0 Å².